The third-order valence-corrected chi connectivity index (χ3v) is 4.14. The summed E-state index contributed by atoms with van der Waals surface area (Å²) in [5, 5.41) is 0. The Morgan fingerprint density at radius 1 is 1.19 bits per heavy atom. The largest absolute Gasteiger partial charge is 0.398 e. The van der Waals surface area contributed by atoms with Gasteiger partial charge in [0.1, 0.15) is 0 Å². The van der Waals surface area contributed by atoms with Crippen molar-refractivity contribution in [1.82, 2.24) is 0 Å². The fraction of sp³-hybridized carbons (Fsp3) is 0.278. The Labute approximate surface area is 125 Å². The van der Waals surface area contributed by atoms with Crippen LogP contribution in [0.15, 0.2) is 36.4 Å². The number of aryl methyl sites for hydroxylation is 2. The maximum atomic E-state index is 12.5. The highest BCUT2D eigenvalue weighted by molar-refractivity contribution is 5.97. The van der Waals surface area contributed by atoms with Crippen LogP contribution in [-0.2, 0) is 17.6 Å². The molecule has 1 amide bonds. The number of nitrogens with two attached hydrogens (primary N) is 1. The summed E-state index contributed by atoms with van der Waals surface area (Å²) < 4.78 is 0. The number of rotatable bonds is 2. The number of nitrogens with zero attached hydrogens (tertiary/aromatic N) is 1. The van der Waals surface area contributed by atoms with Crippen molar-refractivity contribution in [3.63, 3.8) is 0 Å². The Kier molecular flexibility index (Phi) is 3.42. The van der Waals surface area contributed by atoms with Gasteiger partial charge in [0.25, 0.3) is 0 Å². The van der Waals surface area contributed by atoms with Crippen LogP contribution in [0.3, 0.4) is 0 Å². The van der Waals surface area contributed by atoms with E-state index in [1.165, 1.54) is 11.1 Å². The molecule has 0 radical (unpaired) electrons. The molecule has 0 aliphatic carbocycles. The average Bonchev–Trinajstić information content (AvgIpc) is 2.85. The van der Waals surface area contributed by atoms with Crippen LogP contribution < -0.4 is 10.6 Å². The molecule has 0 atom stereocenters. The number of nitrogen functional groups attached to an aromatic ring is 1. The molecular formula is C18H20N2O. The lowest BCUT2D eigenvalue weighted by molar-refractivity contribution is -0.117. The van der Waals surface area contributed by atoms with Crippen molar-refractivity contribution in [2.24, 2.45) is 0 Å². The molecule has 108 valence electrons. The normalized spacial score (nSPS) is 13.3. The number of fused-ring (bicyclic) bond motifs is 1. The van der Waals surface area contributed by atoms with Crippen LogP contribution in [0, 0.1) is 13.8 Å². The summed E-state index contributed by atoms with van der Waals surface area (Å²) in [5.41, 5.74) is 12.3. The number of hydrogen-bond acceptors (Lipinski definition) is 2. The van der Waals surface area contributed by atoms with Gasteiger partial charge in [0.05, 0.1) is 6.42 Å². The maximum absolute atomic E-state index is 12.5. The highest BCUT2D eigenvalue weighted by atomic mass is 16.2. The molecule has 0 fully saturated rings. The van der Waals surface area contributed by atoms with Gasteiger partial charge in [-0.25, -0.2) is 0 Å². The van der Waals surface area contributed by atoms with Gasteiger partial charge in [0, 0.05) is 17.9 Å². The Bertz CT molecular complexity index is 689. The minimum absolute atomic E-state index is 0.140. The van der Waals surface area contributed by atoms with E-state index in [1.54, 1.807) is 0 Å². The number of amides is 1. The summed E-state index contributed by atoms with van der Waals surface area (Å²) in [5.74, 6) is 0.140. The summed E-state index contributed by atoms with van der Waals surface area (Å²) >= 11 is 0. The fourth-order valence-electron chi connectivity index (χ4n) is 2.81. The minimum Gasteiger partial charge on any atom is -0.398 e. The van der Waals surface area contributed by atoms with Crippen LogP contribution in [0.1, 0.15) is 22.3 Å². The number of benzene rings is 2. The van der Waals surface area contributed by atoms with Crippen molar-refractivity contribution in [3.8, 4) is 0 Å². The van der Waals surface area contributed by atoms with Crippen molar-refractivity contribution in [3.05, 3.63) is 58.7 Å². The van der Waals surface area contributed by atoms with E-state index in [4.69, 9.17) is 5.73 Å². The van der Waals surface area contributed by atoms with Crippen LogP contribution in [0.4, 0.5) is 11.4 Å². The van der Waals surface area contributed by atoms with E-state index in [0.29, 0.717) is 6.42 Å². The minimum atomic E-state index is 0.140. The van der Waals surface area contributed by atoms with Crippen LogP contribution in [0.2, 0.25) is 0 Å². The second kappa shape index (κ2) is 5.24. The third kappa shape index (κ3) is 2.64. The van der Waals surface area contributed by atoms with E-state index in [-0.39, 0.29) is 5.91 Å². The standard InChI is InChI=1S/C18H20N2O/c1-12-3-5-14(6-4-12)10-18(21)20-8-7-15-9-13(2)16(19)11-17(15)20/h3-6,9,11H,7-8,10,19H2,1-2H3. The second-order valence-electron chi connectivity index (χ2n) is 5.80. The van der Waals surface area contributed by atoms with Crippen molar-refractivity contribution in [2.45, 2.75) is 26.7 Å². The van der Waals surface area contributed by atoms with Crippen LogP contribution in [0.5, 0.6) is 0 Å². The molecule has 1 aliphatic heterocycles. The molecule has 0 bridgehead atoms. The monoisotopic (exact) mass is 280 g/mol. The molecule has 0 aromatic heterocycles. The van der Waals surface area contributed by atoms with Gasteiger partial charge in [-0.05, 0) is 43.0 Å². The van der Waals surface area contributed by atoms with E-state index < -0.39 is 0 Å². The quantitative estimate of drug-likeness (QED) is 0.860. The lowest BCUT2D eigenvalue weighted by Crippen LogP contribution is -2.30. The van der Waals surface area contributed by atoms with Crippen molar-refractivity contribution >= 4 is 17.3 Å². The zero-order valence-electron chi connectivity index (χ0n) is 12.5. The molecule has 0 saturated carbocycles. The number of carbonyl (C=O) groups is 1. The second-order valence-corrected chi connectivity index (χ2v) is 5.80. The molecule has 2 aromatic rings. The van der Waals surface area contributed by atoms with E-state index in [0.717, 1.165) is 35.5 Å². The van der Waals surface area contributed by atoms with Crippen LogP contribution in [0.25, 0.3) is 0 Å². The van der Waals surface area contributed by atoms with E-state index >= 15 is 0 Å². The van der Waals surface area contributed by atoms with Gasteiger partial charge in [-0.2, -0.15) is 0 Å². The Hall–Kier alpha value is -2.29. The van der Waals surface area contributed by atoms with Crippen LogP contribution in [-0.4, -0.2) is 12.5 Å². The topological polar surface area (TPSA) is 46.3 Å². The first-order valence-electron chi connectivity index (χ1n) is 7.29. The molecular weight excluding hydrogens is 260 g/mol. The zero-order chi connectivity index (χ0) is 15.0. The zero-order valence-corrected chi connectivity index (χ0v) is 12.5. The number of hydrogen-bond donors (Lipinski definition) is 1. The number of anilines is 2. The van der Waals surface area contributed by atoms with Crippen LogP contribution >= 0.6 is 0 Å². The fourth-order valence-corrected chi connectivity index (χ4v) is 2.81. The lowest BCUT2D eigenvalue weighted by atomic mass is 10.1. The number of carbonyl (C=O) groups excluding carboxylic acids is 1. The highest BCUT2D eigenvalue weighted by Crippen LogP contribution is 2.32. The van der Waals surface area contributed by atoms with E-state index in [1.807, 2.05) is 49.1 Å². The van der Waals surface area contributed by atoms with Gasteiger partial charge in [-0.3, -0.25) is 4.79 Å². The molecule has 21 heavy (non-hydrogen) atoms. The summed E-state index contributed by atoms with van der Waals surface area (Å²) in [4.78, 5) is 14.4. The molecule has 2 aromatic carbocycles. The van der Waals surface area contributed by atoms with E-state index in [2.05, 4.69) is 6.07 Å². The Morgan fingerprint density at radius 3 is 2.62 bits per heavy atom. The summed E-state index contributed by atoms with van der Waals surface area (Å²) in [6.45, 7) is 4.81. The summed E-state index contributed by atoms with van der Waals surface area (Å²) in [7, 11) is 0. The maximum Gasteiger partial charge on any atom is 0.231 e. The van der Waals surface area contributed by atoms with Crippen molar-refractivity contribution in [2.75, 3.05) is 17.2 Å². The molecule has 3 nitrogen and oxygen atoms in total. The Morgan fingerprint density at radius 2 is 1.90 bits per heavy atom. The summed E-state index contributed by atoms with van der Waals surface area (Å²) in [6, 6.07) is 12.2. The first kappa shape index (κ1) is 13.7. The van der Waals surface area contributed by atoms with Gasteiger partial charge in [0.2, 0.25) is 5.91 Å². The molecule has 0 saturated heterocycles. The van der Waals surface area contributed by atoms with Gasteiger partial charge in [-0.15, -0.1) is 0 Å². The van der Waals surface area contributed by atoms with Gasteiger partial charge in [0.15, 0.2) is 0 Å². The van der Waals surface area contributed by atoms with Crippen molar-refractivity contribution < 1.29 is 4.79 Å². The Balaban J connectivity index is 1.82. The van der Waals surface area contributed by atoms with Crippen molar-refractivity contribution in [1.29, 1.82) is 0 Å². The highest BCUT2D eigenvalue weighted by Gasteiger charge is 2.25. The third-order valence-electron chi connectivity index (χ3n) is 4.14. The lowest BCUT2D eigenvalue weighted by Gasteiger charge is -2.18. The SMILES string of the molecule is Cc1ccc(CC(=O)N2CCc3cc(C)c(N)cc32)cc1. The van der Waals surface area contributed by atoms with Gasteiger partial charge >= 0.3 is 0 Å². The average molecular weight is 280 g/mol. The predicted molar refractivity (Wildman–Crippen MR) is 86.5 cm³/mol. The predicted octanol–water partition coefficient (Wildman–Crippen LogP) is 3.02. The molecule has 0 spiro atoms. The molecule has 2 N–H and O–H groups in total. The smallest absolute Gasteiger partial charge is 0.231 e. The van der Waals surface area contributed by atoms with Gasteiger partial charge < -0.3 is 10.6 Å². The summed E-state index contributed by atoms with van der Waals surface area (Å²) in [6.07, 6.45) is 1.35. The van der Waals surface area contributed by atoms with E-state index in [9.17, 15) is 4.79 Å². The molecule has 1 aliphatic rings. The molecule has 1 heterocycles. The molecule has 3 rings (SSSR count). The molecule has 0 unspecified atom stereocenters. The first-order valence-corrected chi connectivity index (χ1v) is 7.29. The first-order chi connectivity index (χ1) is 10.0. The molecule has 3 heteroatoms. The van der Waals surface area contributed by atoms with Gasteiger partial charge in [-0.1, -0.05) is 35.9 Å².